The Kier molecular flexibility index (Phi) is 4.49. The quantitative estimate of drug-likeness (QED) is 0.916. The number of hydrogen-bond donors (Lipinski definition) is 1. The van der Waals surface area contributed by atoms with Crippen LogP contribution >= 0.6 is 0 Å². The lowest BCUT2D eigenvalue weighted by Gasteiger charge is -2.25. The van der Waals surface area contributed by atoms with Gasteiger partial charge in [0.25, 0.3) is 0 Å². The van der Waals surface area contributed by atoms with Crippen LogP contribution < -0.4 is 10.7 Å². The summed E-state index contributed by atoms with van der Waals surface area (Å²) in [5, 5.41) is 7.04. The van der Waals surface area contributed by atoms with E-state index in [1.807, 2.05) is 0 Å². The molecule has 1 aliphatic heterocycles. The molecule has 0 bridgehead atoms. The van der Waals surface area contributed by atoms with Crippen LogP contribution in [0.2, 0.25) is 0 Å². The maximum atomic E-state index is 5.74. The Balaban J connectivity index is 1.97. The number of nitrogens with two attached hydrogens (primary N) is 1. The SMILES string of the molecule is Cc1ccc(C2CC(CCN)=NN2c2ccc(C)c(C)c2)cc1. The molecular formula is C20H25N3. The van der Waals surface area contributed by atoms with Crippen LogP contribution in [-0.4, -0.2) is 12.3 Å². The number of benzene rings is 2. The average Bonchev–Trinajstić information content (AvgIpc) is 2.95. The molecule has 0 saturated heterocycles. The summed E-state index contributed by atoms with van der Waals surface area (Å²) >= 11 is 0. The van der Waals surface area contributed by atoms with Crippen molar-refractivity contribution in [3.05, 3.63) is 64.7 Å². The van der Waals surface area contributed by atoms with Gasteiger partial charge >= 0.3 is 0 Å². The molecular weight excluding hydrogens is 282 g/mol. The summed E-state index contributed by atoms with van der Waals surface area (Å²) in [7, 11) is 0. The molecule has 2 aromatic rings. The van der Waals surface area contributed by atoms with E-state index < -0.39 is 0 Å². The van der Waals surface area contributed by atoms with E-state index in [4.69, 9.17) is 10.8 Å². The van der Waals surface area contributed by atoms with E-state index in [0.29, 0.717) is 6.54 Å². The molecule has 23 heavy (non-hydrogen) atoms. The van der Waals surface area contributed by atoms with Gasteiger partial charge < -0.3 is 5.73 Å². The van der Waals surface area contributed by atoms with Crippen molar-refractivity contribution >= 4 is 11.4 Å². The fourth-order valence-corrected chi connectivity index (χ4v) is 3.04. The summed E-state index contributed by atoms with van der Waals surface area (Å²) in [6.45, 7) is 7.07. The van der Waals surface area contributed by atoms with Crippen molar-refractivity contribution in [3.8, 4) is 0 Å². The van der Waals surface area contributed by atoms with Crippen LogP contribution in [0.5, 0.6) is 0 Å². The van der Waals surface area contributed by atoms with Gasteiger partial charge in [-0.15, -0.1) is 0 Å². The smallest absolute Gasteiger partial charge is 0.0828 e. The van der Waals surface area contributed by atoms with E-state index in [9.17, 15) is 0 Å². The molecule has 0 radical (unpaired) electrons. The highest BCUT2D eigenvalue weighted by atomic mass is 15.5. The molecule has 0 aromatic heterocycles. The monoisotopic (exact) mass is 307 g/mol. The molecule has 1 atom stereocenters. The van der Waals surface area contributed by atoms with E-state index in [1.165, 1.54) is 28.0 Å². The first-order chi connectivity index (χ1) is 11.1. The predicted molar refractivity (Wildman–Crippen MR) is 98.0 cm³/mol. The highest BCUT2D eigenvalue weighted by Crippen LogP contribution is 2.36. The first-order valence-corrected chi connectivity index (χ1v) is 8.28. The van der Waals surface area contributed by atoms with Crippen LogP contribution in [0.1, 0.15) is 41.1 Å². The molecule has 1 heterocycles. The maximum Gasteiger partial charge on any atom is 0.0828 e. The number of aryl methyl sites for hydroxylation is 3. The first kappa shape index (κ1) is 15.8. The molecule has 3 heteroatoms. The number of anilines is 1. The Hall–Kier alpha value is -2.13. The normalized spacial score (nSPS) is 17.5. The van der Waals surface area contributed by atoms with Crippen LogP contribution in [0.3, 0.4) is 0 Å². The van der Waals surface area contributed by atoms with Crippen molar-refractivity contribution in [1.29, 1.82) is 0 Å². The van der Waals surface area contributed by atoms with E-state index >= 15 is 0 Å². The van der Waals surface area contributed by atoms with Crippen molar-refractivity contribution in [1.82, 2.24) is 0 Å². The third-order valence-electron chi connectivity index (χ3n) is 4.62. The van der Waals surface area contributed by atoms with Gasteiger partial charge in [0.05, 0.1) is 11.7 Å². The fraction of sp³-hybridized carbons (Fsp3) is 0.350. The molecule has 1 aliphatic rings. The van der Waals surface area contributed by atoms with Crippen molar-refractivity contribution in [3.63, 3.8) is 0 Å². The van der Waals surface area contributed by atoms with Crippen LogP contribution in [0, 0.1) is 20.8 Å². The van der Waals surface area contributed by atoms with Gasteiger partial charge in [-0.1, -0.05) is 35.9 Å². The Bertz CT molecular complexity index is 716. The highest BCUT2D eigenvalue weighted by molar-refractivity contribution is 5.89. The largest absolute Gasteiger partial charge is 0.330 e. The Morgan fingerprint density at radius 1 is 1.04 bits per heavy atom. The van der Waals surface area contributed by atoms with E-state index in [0.717, 1.165) is 18.5 Å². The van der Waals surface area contributed by atoms with Crippen LogP contribution in [0.25, 0.3) is 0 Å². The van der Waals surface area contributed by atoms with Crippen molar-refractivity contribution in [2.45, 2.75) is 39.7 Å². The second-order valence-corrected chi connectivity index (χ2v) is 6.45. The average molecular weight is 307 g/mol. The third kappa shape index (κ3) is 3.30. The zero-order valence-corrected chi connectivity index (χ0v) is 14.2. The fourth-order valence-electron chi connectivity index (χ4n) is 3.04. The summed E-state index contributed by atoms with van der Waals surface area (Å²) < 4.78 is 0. The van der Waals surface area contributed by atoms with E-state index in [-0.39, 0.29) is 6.04 Å². The Morgan fingerprint density at radius 2 is 1.78 bits per heavy atom. The number of rotatable bonds is 4. The molecule has 0 spiro atoms. The molecule has 2 N–H and O–H groups in total. The zero-order valence-electron chi connectivity index (χ0n) is 14.2. The number of hydrazone groups is 1. The second-order valence-electron chi connectivity index (χ2n) is 6.45. The van der Waals surface area contributed by atoms with Crippen molar-refractivity contribution < 1.29 is 0 Å². The lowest BCUT2D eigenvalue weighted by Crippen LogP contribution is -2.18. The van der Waals surface area contributed by atoms with Gasteiger partial charge in [-0.2, -0.15) is 5.10 Å². The lowest BCUT2D eigenvalue weighted by molar-refractivity contribution is 0.707. The summed E-state index contributed by atoms with van der Waals surface area (Å²) in [6.07, 6.45) is 1.82. The molecule has 0 amide bonds. The van der Waals surface area contributed by atoms with Gasteiger partial charge in [-0.3, -0.25) is 5.01 Å². The minimum absolute atomic E-state index is 0.263. The van der Waals surface area contributed by atoms with E-state index in [1.54, 1.807) is 0 Å². The first-order valence-electron chi connectivity index (χ1n) is 8.28. The Labute approximate surface area is 138 Å². The third-order valence-corrected chi connectivity index (χ3v) is 4.62. The molecule has 3 rings (SSSR count). The molecule has 120 valence electrons. The van der Waals surface area contributed by atoms with Gasteiger partial charge in [0, 0.05) is 12.1 Å². The molecule has 0 aliphatic carbocycles. The predicted octanol–water partition coefficient (Wildman–Crippen LogP) is 4.27. The van der Waals surface area contributed by atoms with Crippen molar-refractivity contribution in [2.75, 3.05) is 11.6 Å². The summed E-state index contributed by atoms with van der Waals surface area (Å²) in [6, 6.07) is 15.6. The molecule has 3 nitrogen and oxygen atoms in total. The van der Waals surface area contributed by atoms with Crippen molar-refractivity contribution in [2.24, 2.45) is 10.8 Å². The zero-order chi connectivity index (χ0) is 16.4. The summed E-state index contributed by atoms with van der Waals surface area (Å²) in [5.74, 6) is 0. The Morgan fingerprint density at radius 3 is 2.43 bits per heavy atom. The number of nitrogens with zero attached hydrogens (tertiary/aromatic N) is 2. The maximum absolute atomic E-state index is 5.74. The minimum Gasteiger partial charge on any atom is -0.330 e. The molecule has 1 unspecified atom stereocenters. The highest BCUT2D eigenvalue weighted by Gasteiger charge is 2.28. The van der Waals surface area contributed by atoms with Gasteiger partial charge in [0.1, 0.15) is 0 Å². The van der Waals surface area contributed by atoms with Crippen LogP contribution in [0.15, 0.2) is 47.6 Å². The summed E-state index contributed by atoms with van der Waals surface area (Å²) in [5.41, 5.74) is 13.3. The van der Waals surface area contributed by atoms with Gasteiger partial charge in [0.15, 0.2) is 0 Å². The van der Waals surface area contributed by atoms with Gasteiger partial charge in [-0.25, -0.2) is 0 Å². The second kappa shape index (κ2) is 6.55. The van der Waals surface area contributed by atoms with Crippen LogP contribution in [0.4, 0.5) is 5.69 Å². The molecule has 0 saturated carbocycles. The lowest BCUT2D eigenvalue weighted by atomic mass is 9.99. The van der Waals surface area contributed by atoms with Crippen LogP contribution in [-0.2, 0) is 0 Å². The molecule has 0 fully saturated rings. The van der Waals surface area contributed by atoms with Gasteiger partial charge in [0.2, 0.25) is 0 Å². The number of hydrogen-bond acceptors (Lipinski definition) is 3. The molecule has 2 aromatic carbocycles. The summed E-state index contributed by atoms with van der Waals surface area (Å²) in [4.78, 5) is 0. The standard InChI is InChI=1S/C20H25N3/c1-14-4-7-17(8-5-14)20-13-18(10-11-21)22-23(20)19-9-6-15(2)16(3)12-19/h4-9,12,20H,10-11,13,21H2,1-3H3. The topological polar surface area (TPSA) is 41.6 Å². The minimum atomic E-state index is 0.263. The van der Waals surface area contributed by atoms with Gasteiger partial charge in [-0.05, 0) is 62.6 Å². The van der Waals surface area contributed by atoms with E-state index in [2.05, 4.69) is 68.2 Å².